The van der Waals surface area contributed by atoms with Crippen LogP contribution in [0, 0.1) is 17.1 Å². The lowest BCUT2D eigenvalue weighted by atomic mass is 10.1. The van der Waals surface area contributed by atoms with E-state index in [0.29, 0.717) is 18.7 Å². The van der Waals surface area contributed by atoms with Crippen LogP contribution in [0.4, 0.5) is 4.39 Å². The average molecular weight is 296 g/mol. The van der Waals surface area contributed by atoms with Gasteiger partial charge < -0.3 is 15.0 Å². The van der Waals surface area contributed by atoms with E-state index in [1.54, 1.807) is 6.07 Å². The zero-order chi connectivity index (χ0) is 14.5. The number of aromatic nitrogens is 1. The maximum absolute atomic E-state index is 13.3. The molecule has 20 heavy (non-hydrogen) atoms. The molecular formula is C13H11ClFN3O2. The first-order valence-electron chi connectivity index (χ1n) is 5.82. The van der Waals surface area contributed by atoms with Gasteiger partial charge in [-0.15, -0.1) is 0 Å². The van der Waals surface area contributed by atoms with Crippen molar-refractivity contribution in [1.29, 1.82) is 5.26 Å². The van der Waals surface area contributed by atoms with Crippen LogP contribution in [0.25, 0.3) is 0 Å². The predicted octanol–water partition coefficient (Wildman–Crippen LogP) is 2.81. The highest BCUT2D eigenvalue weighted by atomic mass is 35.5. The fraction of sp³-hybridized carbons (Fsp3) is 0.231. The van der Waals surface area contributed by atoms with Crippen molar-refractivity contribution in [2.24, 2.45) is 5.73 Å². The van der Waals surface area contributed by atoms with Crippen molar-refractivity contribution in [2.45, 2.75) is 12.5 Å². The molecule has 0 aliphatic rings. The lowest BCUT2D eigenvalue weighted by molar-refractivity contribution is 0.186. The molecule has 7 heteroatoms. The van der Waals surface area contributed by atoms with Crippen molar-refractivity contribution in [3.8, 4) is 11.8 Å². The average Bonchev–Trinajstić information content (AvgIpc) is 2.96. The largest absolute Gasteiger partial charge is 0.482 e. The molecule has 0 bridgehead atoms. The number of nitrogens with two attached hydrogens (primary N) is 1. The number of hydrogen-bond donors (Lipinski definition) is 1. The minimum Gasteiger partial charge on any atom is -0.482 e. The van der Waals surface area contributed by atoms with Gasteiger partial charge >= 0.3 is 0 Å². The fourth-order valence-corrected chi connectivity index (χ4v) is 1.83. The van der Waals surface area contributed by atoms with E-state index in [9.17, 15) is 4.39 Å². The summed E-state index contributed by atoms with van der Waals surface area (Å²) in [4.78, 5) is 0. The summed E-state index contributed by atoms with van der Waals surface area (Å²) in [5, 5.41) is 12.7. The van der Waals surface area contributed by atoms with Gasteiger partial charge in [0, 0.05) is 18.6 Å². The summed E-state index contributed by atoms with van der Waals surface area (Å²) in [7, 11) is 0. The monoisotopic (exact) mass is 295 g/mol. The Morgan fingerprint density at radius 1 is 1.55 bits per heavy atom. The Hall–Kier alpha value is -2.10. The molecule has 0 aliphatic heterocycles. The Kier molecular flexibility index (Phi) is 4.56. The van der Waals surface area contributed by atoms with Crippen molar-refractivity contribution < 1.29 is 13.7 Å². The Morgan fingerprint density at radius 3 is 2.95 bits per heavy atom. The molecule has 1 atom stereocenters. The Morgan fingerprint density at radius 2 is 2.35 bits per heavy atom. The van der Waals surface area contributed by atoms with Gasteiger partial charge in [-0.3, -0.25) is 0 Å². The molecule has 0 fully saturated rings. The van der Waals surface area contributed by atoms with Gasteiger partial charge in [0.05, 0.1) is 10.6 Å². The second-order valence-corrected chi connectivity index (χ2v) is 4.39. The van der Waals surface area contributed by atoms with Crippen molar-refractivity contribution in [2.75, 3.05) is 6.54 Å². The van der Waals surface area contributed by atoms with E-state index in [1.807, 2.05) is 6.07 Å². The highest BCUT2D eigenvalue weighted by Gasteiger charge is 2.19. The first kappa shape index (κ1) is 14.3. The third-order valence-corrected chi connectivity index (χ3v) is 2.92. The molecule has 0 radical (unpaired) electrons. The third kappa shape index (κ3) is 3.07. The first-order valence-corrected chi connectivity index (χ1v) is 6.19. The smallest absolute Gasteiger partial charge is 0.145 e. The molecule has 1 aromatic heterocycles. The number of nitriles is 1. The second-order valence-electron chi connectivity index (χ2n) is 3.98. The van der Waals surface area contributed by atoms with E-state index < -0.39 is 11.9 Å². The van der Waals surface area contributed by atoms with Crippen LogP contribution in [-0.2, 0) is 0 Å². The minimum atomic E-state index is -0.674. The van der Waals surface area contributed by atoms with Gasteiger partial charge in [-0.2, -0.15) is 5.26 Å². The van der Waals surface area contributed by atoms with Crippen LogP contribution in [0.2, 0.25) is 5.02 Å². The molecule has 0 spiro atoms. The maximum Gasteiger partial charge on any atom is 0.145 e. The standard InChI is InChI=1S/C13H11ClFN3O2/c14-9-6-13(8(7-17)5-10(9)15)20-12(1-3-16)11-2-4-19-18-11/h2,4-6,12H,1,3,16H2/t12-/m1/s1. The molecule has 0 aliphatic carbocycles. The zero-order valence-electron chi connectivity index (χ0n) is 10.3. The first-order chi connectivity index (χ1) is 9.65. The van der Waals surface area contributed by atoms with Gasteiger partial charge in [-0.1, -0.05) is 16.8 Å². The Labute approximate surface area is 119 Å². The van der Waals surface area contributed by atoms with Gasteiger partial charge in [-0.25, -0.2) is 4.39 Å². The van der Waals surface area contributed by atoms with Crippen molar-refractivity contribution in [3.05, 3.63) is 46.6 Å². The number of benzene rings is 1. The number of ether oxygens (including phenoxy) is 1. The van der Waals surface area contributed by atoms with Crippen molar-refractivity contribution in [1.82, 2.24) is 5.16 Å². The van der Waals surface area contributed by atoms with E-state index in [0.717, 1.165) is 6.07 Å². The second kappa shape index (κ2) is 6.37. The van der Waals surface area contributed by atoms with Crippen molar-refractivity contribution in [3.63, 3.8) is 0 Å². The topological polar surface area (TPSA) is 85.1 Å². The van der Waals surface area contributed by atoms with Gasteiger partial charge in [0.25, 0.3) is 0 Å². The predicted molar refractivity (Wildman–Crippen MR) is 69.7 cm³/mol. The number of rotatable bonds is 5. The molecule has 0 saturated carbocycles. The molecule has 1 heterocycles. The molecule has 104 valence electrons. The summed E-state index contributed by atoms with van der Waals surface area (Å²) >= 11 is 5.70. The van der Waals surface area contributed by atoms with Crippen LogP contribution < -0.4 is 10.5 Å². The molecule has 2 rings (SSSR count). The van der Waals surface area contributed by atoms with Gasteiger partial charge in [-0.05, 0) is 12.6 Å². The van der Waals surface area contributed by atoms with Crippen LogP contribution >= 0.6 is 11.6 Å². The highest BCUT2D eigenvalue weighted by molar-refractivity contribution is 6.30. The van der Waals surface area contributed by atoms with Crippen molar-refractivity contribution >= 4 is 11.6 Å². The lowest BCUT2D eigenvalue weighted by Crippen LogP contribution is -2.14. The molecule has 2 aromatic rings. The van der Waals surface area contributed by atoms with Crippen LogP contribution in [0.5, 0.6) is 5.75 Å². The van der Waals surface area contributed by atoms with Gasteiger partial charge in [0.1, 0.15) is 35.7 Å². The summed E-state index contributed by atoms with van der Waals surface area (Å²) in [5.41, 5.74) is 6.12. The molecule has 2 N–H and O–H groups in total. The zero-order valence-corrected chi connectivity index (χ0v) is 11.1. The van der Waals surface area contributed by atoms with E-state index in [4.69, 9.17) is 31.9 Å². The maximum atomic E-state index is 13.3. The highest BCUT2D eigenvalue weighted by Crippen LogP contribution is 2.30. The van der Waals surface area contributed by atoms with Crippen LogP contribution in [0.15, 0.2) is 29.0 Å². The Balaban J connectivity index is 2.31. The van der Waals surface area contributed by atoms with Crippen LogP contribution in [-0.4, -0.2) is 11.7 Å². The van der Waals surface area contributed by atoms with E-state index in [1.165, 1.54) is 12.3 Å². The van der Waals surface area contributed by atoms with Crippen LogP contribution in [0.1, 0.15) is 23.8 Å². The van der Waals surface area contributed by atoms with E-state index in [-0.39, 0.29) is 16.3 Å². The Bertz CT molecular complexity index is 625. The summed E-state index contributed by atoms with van der Waals surface area (Å²) < 4.78 is 23.8. The molecule has 0 amide bonds. The normalized spacial score (nSPS) is 11.9. The summed E-state index contributed by atoms with van der Waals surface area (Å²) in [6, 6.07) is 5.78. The summed E-state index contributed by atoms with van der Waals surface area (Å²) in [6.45, 7) is 0.355. The quantitative estimate of drug-likeness (QED) is 0.916. The SMILES string of the molecule is N#Cc1cc(F)c(Cl)cc1O[C@H](CCN)c1ccon1. The van der Waals surface area contributed by atoms with E-state index in [2.05, 4.69) is 5.16 Å². The number of nitrogens with zero attached hydrogens (tertiary/aromatic N) is 2. The third-order valence-electron chi connectivity index (χ3n) is 2.63. The fourth-order valence-electron chi connectivity index (χ4n) is 1.67. The van der Waals surface area contributed by atoms with E-state index >= 15 is 0 Å². The number of halogens is 2. The summed E-state index contributed by atoms with van der Waals surface area (Å²) in [5.74, 6) is -0.493. The molecule has 5 nitrogen and oxygen atoms in total. The minimum absolute atomic E-state index is 0.0532. The van der Waals surface area contributed by atoms with Crippen LogP contribution in [0.3, 0.4) is 0 Å². The van der Waals surface area contributed by atoms with Gasteiger partial charge in [0.15, 0.2) is 0 Å². The summed E-state index contributed by atoms with van der Waals surface area (Å²) in [6.07, 6.45) is 1.38. The van der Waals surface area contributed by atoms with Gasteiger partial charge in [0.2, 0.25) is 0 Å². The number of hydrogen-bond acceptors (Lipinski definition) is 5. The molecular weight excluding hydrogens is 285 g/mol. The lowest BCUT2D eigenvalue weighted by Gasteiger charge is -2.17. The molecule has 0 saturated heterocycles. The molecule has 0 unspecified atom stereocenters. The molecule has 1 aromatic carbocycles.